The topological polar surface area (TPSA) is 47.0 Å². The van der Waals surface area contributed by atoms with Gasteiger partial charge in [0, 0.05) is 18.8 Å². The van der Waals surface area contributed by atoms with Crippen LogP contribution in [0.25, 0.3) is 0 Å². The van der Waals surface area contributed by atoms with Crippen molar-refractivity contribution in [1.29, 1.82) is 0 Å². The average molecular weight is 219 g/mol. The molecule has 1 N–H and O–H groups in total. The summed E-state index contributed by atoms with van der Waals surface area (Å²) in [5, 5.41) is 3.40. The molecule has 0 radical (unpaired) electrons. The van der Waals surface area contributed by atoms with Crippen molar-refractivity contribution in [3.8, 4) is 5.88 Å². The van der Waals surface area contributed by atoms with Crippen molar-refractivity contribution in [1.82, 2.24) is 15.3 Å². The zero-order valence-corrected chi connectivity index (χ0v) is 9.52. The summed E-state index contributed by atoms with van der Waals surface area (Å²) < 4.78 is 5.42. The SMILES string of the molecule is CC=CCOc1cncc(CNC2CC2)n1. The van der Waals surface area contributed by atoms with Crippen molar-refractivity contribution in [2.24, 2.45) is 0 Å². The predicted molar refractivity (Wildman–Crippen MR) is 62.2 cm³/mol. The molecule has 16 heavy (non-hydrogen) atoms. The van der Waals surface area contributed by atoms with E-state index < -0.39 is 0 Å². The number of hydrogen-bond acceptors (Lipinski definition) is 4. The second kappa shape index (κ2) is 5.61. The Morgan fingerprint density at radius 3 is 3.12 bits per heavy atom. The van der Waals surface area contributed by atoms with Gasteiger partial charge >= 0.3 is 0 Å². The van der Waals surface area contributed by atoms with E-state index in [1.807, 2.05) is 19.1 Å². The minimum Gasteiger partial charge on any atom is -0.472 e. The average Bonchev–Trinajstić information content (AvgIpc) is 3.11. The minimum atomic E-state index is 0.546. The maximum atomic E-state index is 5.42. The van der Waals surface area contributed by atoms with Crippen LogP contribution in [0.5, 0.6) is 5.88 Å². The monoisotopic (exact) mass is 219 g/mol. The Balaban J connectivity index is 1.84. The first kappa shape index (κ1) is 11.1. The van der Waals surface area contributed by atoms with Crippen LogP contribution < -0.4 is 10.1 Å². The Labute approximate surface area is 95.8 Å². The number of aromatic nitrogens is 2. The standard InChI is InChI=1S/C12H17N3O/c1-2-3-6-16-12-9-13-7-11(15-12)8-14-10-4-5-10/h2-3,7,9-10,14H,4-6,8H2,1H3. The summed E-state index contributed by atoms with van der Waals surface area (Å²) in [5.41, 5.74) is 0.935. The molecule has 0 amide bonds. The molecule has 4 nitrogen and oxygen atoms in total. The van der Waals surface area contributed by atoms with Crippen LogP contribution in [0, 0.1) is 0 Å². The Kier molecular flexibility index (Phi) is 3.88. The van der Waals surface area contributed by atoms with E-state index in [0.717, 1.165) is 12.2 Å². The summed E-state index contributed by atoms with van der Waals surface area (Å²) in [6.45, 7) is 3.29. The normalized spacial score (nSPS) is 15.6. The summed E-state index contributed by atoms with van der Waals surface area (Å²) in [4.78, 5) is 8.47. The molecule has 0 bridgehead atoms. The molecule has 1 aromatic heterocycles. The van der Waals surface area contributed by atoms with Crippen LogP contribution in [-0.4, -0.2) is 22.6 Å². The van der Waals surface area contributed by atoms with Gasteiger partial charge in [0.2, 0.25) is 5.88 Å². The van der Waals surface area contributed by atoms with Gasteiger partial charge in [-0.3, -0.25) is 4.98 Å². The van der Waals surface area contributed by atoms with Gasteiger partial charge in [0.1, 0.15) is 6.61 Å². The molecule has 0 saturated heterocycles. The largest absolute Gasteiger partial charge is 0.472 e. The third-order valence-corrected chi connectivity index (χ3v) is 2.37. The fraction of sp³-hybridized carbons (Fsp3) is 0.500. The molecule has 0 aliphatic heterocycles. The first-order chi connectivity index (χ1) is 7.88. The molecular weight excluding hydrogens is 202 g/mol. The lowest BCUT2D eigenvalue weighted by Gasteiger charge is -2.05. The van der Waals surface area contributed by atoms with Gasteiger partial charge < -0.3 is 10.1 Å². The maximum Gasteiger partial charge on any atom is 0.232 e. The summed E-state index contributed by atoms with van der Waals surface area (Å²) in [6, 6.07) is 0.689. The molecule has 1 heterocycles. The van der Waals surface area contributed by atoms with E-state index in [4.69, 9.17) is 4.74 Å². The molecule has 2 rings (SSSR count). The van der Waals surface area contributed by atoms with E-state index in [1.165, 1.54) is 12.8 Å². The van der Waals surface area contributed by atoms with Crippen LogP contribution in [0.15, 0.2) is 24.5 Å². The number of nitrogens with zero attached hydrogens (tertiary/aromatic N) is 2. The van der Waals surface area contributed by atoms with Crippen LogP contribution in [0.2, 0.25) is 0 Å². The second-order valence-corrected chi connectivity index (χ2v) is 3.88. The van der Waals surface area contributed by atoms with Gasteiger partial charge in [0.15, 0.2) is 0 Å². The van der Waals surface area contributed by atoms with Crippen molar-refractivity contribution < 1.29 is 4.74 Å². The quantitative estimate of drug-likeness (QED) is 0.739. The Morgan fingerprint density at radius 2 is 2.38 bits per heavy atom. The van der Waals surface area contributed by atoms with Gasteiger partial charge in [-0.1, -0.05) is 12.2 Å². The molecule has 0 aromatic carbocycles. The van der Waals surface area contributed by atoms with Gasteiger partial charge in [-0.2, -0.15) is 0 Å². The number of nitrogens with one attached hydrogen (secondary N) is 1. The Bertz CT molecular complexity index is 361. The second-order valence-electron chi connectivity index (χ2n) is 3.88. The zero-order valence-electron chi connectivity index (χ0n) is 9.52. The van der Waals surface area contributed by atoms with E-state index in [2.05, 4.69) is 15.3 Å². The predicted octanol–water partition coefficient (Wildman–Crippen LogP) is 1.68. The summed E-state index contributed by atoms with van der Waals surface area (Å²) in [5.74, 6) is 0.591. The molecule has 86 valence electrons. The molecule has 4 heteroatoms. The Morgan fingerprint density at radius 1 is 1.50 bits per heavy atom. The van der Waals surface area contributed by atoms with Crippen molar-refractivity contribution >= 4 is 0 Å². The van der Waals surface area contributed by atoms with Crippen molar-refractivity contribution in [3.63, 3.8) is 0 Å². The molecule has 1 fully saturated rings. The van der Waals surface area contributed by atoms with Gasteiger partial charge in [-0.25, -0.2) is 4.98 Å². The number of rotatable bonds is 6. The zero-order chi connectivity index (χ0) is 11.2. The van der Waals surface area contributed by atoms with Crippen LogP contribution in [0.1, 0.15) is 25.5 Å². The van der Waals surface area contributed by atoms with Gasteiger partial charge in [-0.15, -0.1) is 0 Å². The molecule has 0 spiro atoms. The van der Waals surface area contributed by atoms with E-state index in [0.29, 0.717) is 18.5 Å². The molecule has 1 aromatic rings. The highest BCUT2D eigenvalue weighted by Gasteiger charge is 2.20. The molecular formula is C12H17N3O. The van der Waals surface area contributed by atoms with Crippen LogP contribution >= 0.6 is 0 Å². The third kappa shape index (κ3) is 3.62. The number of allylic oxidation sites excluding steroid dienone is 1. The van der Waals surface area contributed by atoms with Crippen LogP contribution in [-0.2, 0) is 6.54 Å². The lowest BCUT2D eigenvalue weighted by Crippen LogP contribution is -2.16. The highest BCUT2D eigenvalue weighted by atomic mass is 16.5. The smallest absolute Gasteiger partial charge is 0.232 e. The fourth-order valence-electron chi connectivity index (χ4n) is 1.31. The minimum absolute atomic E-state index is 0.546. The Hall–Kier alpha value is -1.42. The van der Waals surface area contributed by atoms with E-state index in [9.17, 15) is 0 Å². The van der Waals surface area contributed by atoms with Gasteiger partial charge in [0.25, 0.3) is 0 Å². The van der Waals surface area contributed by atoms with E-state index >= 15 is 0 Å². The lowest BCUT2D eigenvalue weighted by molar-refractivity contribution is 0.344. The lowest BCUT2D eigenvalue weighted by atomic mass is 10.4. The number of ether oxygens (including phenoxy) is 1. The molecule has 0 atom stereocenters. The van der Waals surface area contributed by atoms with E-state index in [1.54, 1.807) is 12.4 Å². The highest BCUT2D eigenvalue weighted by molar-refractivity contribution is 5.09. The first-order valence-corrected chi connectivity index (χ1v) is 5.66. The van der Waals surface area contributed by atoms with Crippen molar-refractivity contribution in [3.05, 3.63) is 30.2 Å². The first-order valence-electron chi connectivity index (χ1n) is 5.66. The third-order valence-electron chi connectivity index (χ3n) is 2.37. The molecule has 1 saturated carbocycles. The fourth-order valence-corrected chi connectivity index (χ4v) is 1.31. The molecule has 1 aliphatic carbocycles. The van der Waals surface area contributed by atoms with Crippen molar-refractivity contribution in [2.75, 3.05) is 6.61 Å². The molecule has 1 aliphatic rings. The van der Waals surface area contributed by atoms with Gasteiger partial charge in [0.05, 0.1) is 11.9 Å². The summed E-state index contributed by atoms with van der Waals surface area (Å²) in [7, 11) is 0. The van der Waals surface area contributed by atoms with Gasteiger partial charge in [-0.05, 0) is 19.8 Å². The summed E-state index contributed by atoms with van der Waals surface area (Å²) >= 11 is 0. The van der Waals surface area contributed by atoms with Crippen molar-refractivity contribution in [2.45, 2.75) is 32.4 Å². The maximum absolute atomic E-state index is 5.42. The highest BCUT2D eigenvalue weighted by Crippen LogP contribution is 2.19. The molecule has 0 unspecified atom stereocenters. The van der Waals surface area contributed by atoms with Crippen LogP contribution in [0.3, 0.4) is 0 Å². The summed E-state index contributed by atoms with van der Waals surface area (Å²) in [6.07, 6.45) is 9.88. The van der Waals surface area contributed by atoms with Crippen LogP contribution in [0.4, 0.5) is 0 Å². The number of hydrogen-bond donors (Lipinski definition) is 1. The van der Waals surface area contributed by atoms with E-state index in [-0.39, 0.29) is 0 Å².